The van der Waals surface area contributed by atoms with Gasteiger partial charge in [-0.1, -0.05) is 24.3 Å². The van der Waals surface area contributed by atoms with Gasteiger partial charge in [0.05, 0.1) is 0 Å². The molecule has 22 heavy (non-hydrogen) atoms. The maximum atomic E-state index is 13.6. The number of anilines is 2. The van der Waals surface area contributed by atoms with Crippen LogP contribution in [0.4, 0.5) is 37.7 Å². The Bertz CT molecular complexity index is 620. The zero-order valence-electron chi connectivity index (χ0n) is 10.9. The molecule has 0 unspecified atom stereocenters. The van der Waals surface area contributed by atoms with Crippen molar-refractivity contribution in [2.24, 2.45) is 0 Å². The minimum absolute atomic E-state index is 0.414. The van der Waals surface area contributed by atoms with E-state index < -0.39 is 28.9 Å². The number of hydrogen-bond donors (Lipinski definition) is 1. The number of halogens is 6. The molecular formula is C15H9F6N. The third-order valence-electron chi connectivity index (χ3n) is 3.77. The normalized spacial score (nSPS) is 16.5. The van der Waals surface area contributed by atoms with Crippen LogP contribution in [0.25, 0.3) is 0 Å². The fourth-order valence-electron chi connectivity index (χ4n) is 2.76. The molecule has 4 aliphatic heterocycles. The summed E-state index contributed by atoms with van der Waals surface area (Å²) in [6.45, 7) is 0. The van der Waals surface area contributed by atoms with E-state index in [1.807, 2.05) is 0 Å². The minimum atomic E-state index is -5.53. The number of nitrogens with one attached hydrogen (secondary N) is 1. The van der Waals surface area contributed by atoms with Crippen LogP contribution in [0.5, 0.6) is 0 Å². The monoisotopic (exact) mass is 317 g/mol. The van der Waals surface area contributed by atoms with E-state index in [1.165, 1.54) is 24.3 Å². The lowest BCUT2D eigenvalue weighted by atomic mass is 9.72. The van der Waals surface area contributed by atoms with Crippen LogP contribution in [-0.4, -0.2) is 12.4 Å². The van der Waals surface area contributed by atoms with Crippen molar-refractivity contribution >= 4 is 11.4 Å². The average molecular weight is 317 g/mol. The molecule has 0 radical (unpaired) electrons. The molecule has 0 amide bonds. The van der Waals surface area contributed by atoms with Crippen LogP contribution in [0.3, 0.4) is 0 Å². The Morgan fingerprint density at radius 3 is 1.18 bits per heavy atom. The molecule has 2 aromatic rings. The van der Waals surface area contributed by atoms with Crippen molar-refractivity contribution in [3.05, 3.63) is 59.7 Å². The van der Waals surface area contributed by atoms with Gasteiger partial charge >= 0.3 is 12.4 Å². The standard InChI is InChI=1S/C15H9F6N/c16-14(17,18)13(15(19,20)21)9-1-5-11(6-2-9)22-12-7-3-10(13)4-8-12/h1-8,22H. The molecule has 4 bridgehead atoms. The van der Waals surface area contributed by atoms with Crippen LogP contribution in [0.15, 0.2) is 48.5 Å². The highest BCUT2D eigenvalue weighted by atomic mass is 19.4. The molecule has 1 N–H and O–H groups in total. The predicted molar refractivity (Wildman–Crippen MR) is 69.1 cm³/mol. The molecule has 0 aromatic heterocycles. The zero-order valence-corrected chi connectivity index (χ0v) is 10.9. The van der Waals surface area contributed by atoms with Gasteiger partial charge in [0.25, 0.3) is 0 Å². The Morgan fingerprint density at radius 1 is 0.591 bits per heavy atom. The lowest BCUT2D eigenvalue weighted by Gasteiger charge is -2.38. The average Bonchev–Trinajstić information content (AvgIpc) is 2.42. The van der Waals surface area contributed by atoms with Gasteiger partial charge in [-0.3, -0.25) is 0 Å². The van der Waals surface area contributed by atoms with Crippen LogP contribution in [0.1, 0.15) is 11.1 Å². The van der Waals surface area contributed by atoms with Crippen molar-refractivity contribution in [2.75, 3.05) is 5.32 Å². The Labute approximate surface area is 121 Å². The van der Waals surface area contributed by atoms with E-state index in [9.17, 15) is 26.3 Å². The lowest BCUT2D eigenvalue weighted by Crippen LogP contribution is -2.54. The van der Waals surface area contributed by atoms with Gasteiger partial charge in [0.15, 0.2) is 0 Å². The Balaban J connectivity index is 2.45. The summed E-state index contributed by atoms with van der Waals surface area (Å²) in [6.07, 6.45) is -11.1. The second-order valence-corrected chi connectivity index (χ2v) is 5.03. The summed E-state index contributed by atoms with van der Waals surface area (Å²) in [7, 11) is 0. The highest BCUT2D eigenvalue weighted by Gasteiger charge is 2.72. The first-order valence-corrected chi connectivity index (χ1v) is 6.28. The first-order chi connectivity index (χ1) is 10.2. The van der Waals surface area contributed by atoms with E-state index in [1.54, 1.807) is 0 Å². The van der Waals surface area contributed by atoms with Gasteiger partial charge in [0.1, 0.15) is 0 Å². The maximum Gasteiger partial charge on any atom is 0.411 e. The molecule has 4 heterocycles. The molecule has 6 rings (SSSR count). The molecule has 0 saturated carbocycles. The summed E-state index contributed by atoms with van der Waals surface area (Å²) in [6, 6.07) is 8.26. The van der Waals surface area contributed by atoms with Crippen molar-refractivity contribution in [2.45, 2.75) is 17.8 Å². The van der Waals surface area contributed by atoms with Crippen LogP contribution < -0.4 is 5.32 Å². The van der Waals surface area contributed by atoms with Crippen LogP contribution in [0, 0.1) is 0 Å². The largest absolute Gasteiger partial charge is 0.411 e. The third kappa shape index (κ3) is 1.88. The Kier molecular flexibility index (Phi) is 2.95. The minimum Gasteiger partial charge on any atom is -0.356 e. The molecular weight excluding hydrogens is 308 g/mol. The van der Waals surface area contributed by atoms with Crippen molar-refractivity contribution in [1.82, 2.24) is 0 Å². The quantitative estimate of drug-likeness (QED) is 0.662. The Morgan fingerprint density at radius 2 is 0.909 bits per heavy atom. The van der Waals surface area contributed by atoms with E-state index >= 15 is 0 Å². The van der Waals surface area contributed by atoms with Crippen molar-refractivity contribution in [3.63, 3.8) is 0 Å². The molecule has 1 nitrogen and oxygen atoms in total. The lowest BCUT2D eigenvalue weighted by molar-refractivity contribution is -0.288. The molecule has 0 saturated heterocycles. The molecule has 0 aliphatic carbocycles. The van der Waals surface area contributed by atoms with Crippen LogP contribution in [0.2, 0.25) is 0 Å². The second-order valence-electron chi connectivity index (χ2n) is 5.03. The van der Waals surface area contributed by atoms with Gasteiger partial charge in [0, 0.05) is 11.4 Å². The highest BCUT2D eigenvalue weighted by Crippen LogP contribution is 2.56. The van der Waals surface area contributed by atoms with E-state index in [4.69, 9.17) is 0 Å². The molecule has 116 valence electrons. The maximum absolute atomic E-state index is 13.6. The molecule has 7 heteroatoms. The molecule has 0 atom stereocenters. The predicted octanol–water partition coefficient (Wildman–Crippen LogP) is 5.15. The van der Waals surface area contributed by atoms with Gasteiger partial charge in [-0.15, -0.1) is 0 Å². The van der Waals surface area contributed by atoms with Crippen LogP contribution in [-0.2, 0) is 5.41 Å². The van der Waals surface area contributed by atoms with Gasteiger partial charge in [-0.05, 0) is 35.4 Å². The van der Waals surface area contributed by atoms with Gasteiger partial charge in [-0.2, -0.15) is 26.3 Å². The van der Waals surface area contributed by atoms with Gasteiger partial charge in [-0.25, -0.2) is 0 Å². The molecule has 4 aliphatic rings. The molecule has 2 aromatic carbocycles. The van der Waals surface area contributed by atoms with E-state index in [-0.39, 0.29) is 0 Å². The number of hydrogen-bond acceptors (Lipinski definition) is 1. The number of alkyl halides is 6. The Hall–Kier alpha value is -2.18. The van der Waals surface area contributed by atoms with Crippen molar-refractivity contribution in [3.8, 4) is 0 Å². The van der Waals surface area contributed by atoms with E-state index in [2.05, 4.69) is 5.32 Å². The first-order valence-electron chi connectivity index (χ1n) is 6.28. The fraction of sp³-hybridized carbons (Fsp3) is 0.200. The van der Waals surface area contributed by atoms with E-state index in [0.717, 1.165) is 24.3 Å². The smallest absolute Gasteiger partial charge is 0.356 e. The fourth-order valence-corrected chi connectivity index (χ4v) is 2.76. The number of benzene rings is 2. The van der Waals surface area contributed by atoms with E-state index in [0.29, 0.717) is 11.4 Å². The summed E-state index contributed by atoms with van der Waals surface area (Å²) in [5.41, 5.74) is -4.93. The first kappa shape index (κ1) is 14.7. The van der Waals surface area contributed by atoms with Crippen molar-refractivity contribution < 1.29 is 26.3 Å². The van der Waals surface area contributed by atoms with Crippen LogP contribution >= 0.6 is 0 Å². The summed E-state index contributed by atoms with van der Waals surface area (Å²) < 4.78 is 81.7. The summed E-state index contributed by atoms with van der Waals surface area (Å²) in [4.78, 5) is 0. The molecule has 0 spiro atoms. The molecule has 0 fully saturated rings. The summed E-state index contributed by atoms with van der Waals surface area (Å²) in [5, 5.41) is 2.90. The zero-order chi connectivity index (χ0) is 16.2. The van der Waals surface area contributed by atoms with Crippen molar-refractivity contribution in [1.29, 1.82) is 0 Å². The van der Waals surface area contributed by atoms with Gasteiger partial charge in [0.2, 0.25) is 5.41 Å². The SMILES string of the molecule is FC(F)(F)C1(C(F)(F)F)c2ccc(cc2)Nc2ccc1cc2. The second kappa shape index (κ2) is 4.41. The van der Waals surface area contributed by atoms with Gasteiger partial charge < -0.3 is 5.32 Å². The summed E-state index contributed by atoms with van der Waals surface area (Å²) >= 11 is 0. The summed E-state index contributed by atoms with van der Waals surface area (Å²) in [5.74, 6) is 0. The topological polar surface area (TPSA) is 12.0 Å². The number of rotatable bonds is 0. The third-order valence-corrected chi connectivity index (χ3v) is 3.77. The highest BCUT2D eigenvalue weighted by molar-refractivity contribution is 5.63.